The Morgan fingerprint density at radius 1 is 1.25 bits per heavy atom. The average Bonchev–Trinajstić information content (AvgIpc) is 2.84. The van der Waals surface area contributed by atoms with Crippen molar-refractivity contribution in [3.8, 4) is 5.69 Å². The molecule has 0 aliphatic carbocycles. The molecule has 7 heteroatoms. The van der Waals surface area contributed by atoms with Crippen molar-refractivity contribution in [3.05, 3.63) is 47.3 Å². The number of nitrogens with one attached hydrogen (secondary N) is 1. The molecule has 6 nitrogen and oxygen atoms in total. The Balaban J connectivity index is 1.93. The van der Waals surface area contributed by atoms with Gasteiger partial charge in [0, 0.05) is 18.5 Å². The first-order chi connectivity index (χ1) is 11.2. The van der Waals surface area contributed by atoms with Crippen molar-refractivity contribution < 1.29 is 13.2 Å². The van der Waals surface area contributed by atoms with E-state index in [1.165, 1.54) is 6.92 Å². The van der Waals surface area contributed by atoms with Crippen molar-refractivity contribution in [3.63, 3.8) is 0 Å². The van der Waals surface area contributed by atoms with Crippen LogP contribution >= 0.6 is 0 Å². The largest absolute Gasteiger partial charge is 0.355 e. The maximum atomic E-state index is 11.8. The Bertz CT molecular complexity index is 823. The highest BCUT2D eigenvalue weighted by Crippen LogP contribution is 2.13. The molecule has 0 aliphatic rings. The number of aromatic nitrogens is 2. The minimum Gasteiger partial charge on any atom is -0.355 e. The maximum absolute atomic E-state index is 11.8. The number of amides is 1. The molecule has 0 aliphatic heterocycles. The van der Waals surface area contributed by atoms with Crippen LogP contribution in [0.2, 0.25) is 0 Å². The van der Waals surface area contributed by atoms with Gasteiger partial charge in [-0.2, -0.15) is 5.10 Å². The van der Waals surface area contributed by atoms with E-state index in [0.29, 0.717) is 13.0 Å². The van der Waals surface area contributed by atoms with Crippen LogP contribution in [0, 0.1) is 13.8 Å². The quantitative estimate of drug-likeness (QED) is 0.858. The predicted octanol–water partition coefficient (Wildman–Crippen LogP) is 1.58. The summed E-state index contributed by atoms with van der Waals surface area (Å²) in [7, 11) is -3.36. The lowest BCUT2D eigenvalue weighted by atomic mass is 10.1. The van der Waals surface area contributed by atoms with Gasteiger partial charge in [0.25, 0.3) is 0 Å². The fourth-order valence-electron chi connectivity index (χ4n) is 2.36. The third-order valence-corrected chi connectivity index (χ3v) is 5.41. The number of aryl methyl sites for hydroxylation is 2. The molecule has 1 N–H and O–H groups in total. The molecule has 1 heterocycles. The first-order valence-corrected chi connectivity index (χ1v) is 9.73. The van der Waals surface area contributed by atoms with E-state index < -0.39 is 21.0 Å². The number of hydrogen-bond donors (Lipinski definition) is 1. The van der Waals surface area contributed by atoms with Crippen LogP contribution in [0.1, 0.15) is 23.9 Å². The fourth-order valence-corrected chi connectivity index (χ4v) is 2.83. The number of rotatable bonds is 6. The summed E-state index contributed by atoms with van der Waals surface area (Å²) in [6.45, 7) is 5.76. The van der Waals surface area contributed by atoms with Crippen LogP contribution in [0.15, 0.2) is 30.3 Å². The number of carbonyl (C=O) groups excluding carboxylic acids is 1. The molecule has 130 valence electrons. The standard InChI is InChI=1S/C17H23N3O3S/c1-12-11-13(2)20(19-12)16-7-5-15(6-8-16)9-10-18-17(21)14(3)24(4,22)23/h5-8,11,14H,9-10H2,1-4H3,(H,18,21)/t14-/m0/s1. The van der Waals surface area contributed by atoms with Gasteiger partial charge in [0.05, 0.1) is 11.4 Å². The van der Waals surface area contributed by atoms with Crippen LogP contribution in [0.3, 0.4) is 0 Å². The molecule has 1 atom stereocenters. The van der Waals surface area contributed by atoms with Gasteiger partial charge in [-0.25, -0.2) is 13.1 Å². The number of hydrogen-bond acceptors (Lipinski definition) is 4. The van der Waals surface area contributed by atoms with Crippen molar-refractivity contribution in [1.82, 2.24) is 15.1 Å². The summed E-state index contributed by atoms with van der Waals surface area (Å²) in [6.07, 6.45) is 1.70. The molecule has 0 bridgehead atoms. The molecular formula is C17H23N3O3S. The summed E-state index contributed by atoms with van der Waals surface area (Å²) < 4.78 is 24.6. The van der Waals surface area contributed by atoms with E-state index >= 15 is 0 Å². The summed E-state index contributed by atoms with van der Waals surface area (Å²) >= 11 is 0. The van der Waals surface area contributed by atoms with Gasteiger partial charge >= 0.3 is 0 Å². The molecule has 24 heavy (non-hydrogen) atoms. The van der Waals surface area contributed by atoms with E-state index in [1.54, 1.807) is 0 Å². The van der Waals surface area contributed by atoms with Crippen molar-refractivity contribution in [1.29, 1.82) is 0 Å². The summed E-state index contributed by atoms with van der Waals surface area (Å²) in [6, 6.07) is 9.95. The monoisotopic (exact) mass is 349 g/mol. The Kier molecular flexibility index (Phi) is 5.43. The van der Waals surface area contributed by atoms with E-state index in [0.717, 1.165) is 28.9 Å². The number of nitrogens with zero attached hydrogens (tertiary/aromatic N) is 2. The van der Waals surface area contributed by atoms with Crippen molar-refractivity contribution >= 4 is 15.7 Å². The lowest BCUT2D eigenvalue weighted by Gasteiger charge is -2.11. The molecular weight excluding hydrogens is 326 g/mol. The second-order valence-electron chi connectivity index (χ2n) is 6.02. The first kappa shape index (κ1) is 18.2. The van der Waals surface area contributed by atoms with Gasteiger partial charge in [0.1, 0.15) is 5.25 Å². The lowest BCUT2D eigenvalue weighted by molar-refractivity contribution is -0.120. The average molecular weight is 349 g/mol. The van der Waals surface area contributed by atoms with Crippen LogP contribution < -0.4 is 5.32 Å². The molecule has 2 aromatic rings. The van der Waals surface area contributed by atoms with E-state index in [9.17, 15) is 13.2 Å². The zero-order chi connectivity index (χ0) is 17.9. The topological polar surface area (TPSA) is 81.1 Å². The summed E-state index contributed by atoms with van der Waals surface area (Å²) in [5.41, 5.74) is 4.09. The van der Waals surface area contributed by atoms with Crippen LogP contribution in [0.5, 0.6) is 0 Å². The molecule has 0 saturated carbocycles. The third kappa shape index (κ3) is 4.44. The van der Waals surface area contributed by atoms with E-state index in [2.05, 4.69) is 10.4 Å². The van der Waals surface area contributed by atoms with Gasteiger partial charge in [0.15, 0.2) is 9.84 Å². The third-order valence-electron chi connectivity index (χ3n) is 3.91. The first-order valence-electron chi connectivity index (χ1n) is 7.77. The highest BCUT2D eigenvalue weighted by molar-refractivity contribution is 7.92. The predicted molar refractivity (Wildman–Crippen MR) is 94.1 cm³/mol. The summed E-state index contributed by atoms with van der Waals surface area (Å²) in [5, 5.41) is 6.08. The Morgan fingerprint density at radius 2 is 1.88 bits per heavy atom. The molecule has 0 radical (unpaired) electrons. The highest BCUT2D eigenvalue weighted by atomic mass is 32.2. The lowest BCUT2D eigenvalue weighted by Crippen LogP contribution is -2.38. The zero-order valence-corrected chi connectivity index (χ0v) is 15.2. The molecule has 0 spiro atoms. The van der Waals surface area contributed by atoms with Crippen LogP contribution in [-0.2, 0) is 21.1 Å². The number of benzene rings is 1. The van der Waals surface area contributed by atoms with Crippen LogP contribution in [-0.4, -0.2) is 42.2 Å². The van der Waals surface area contributed by atoms with Gasteiger partial charge in [-0.05, 0) is 51.0 Å². The van der Waals surface area contributed by atoms with Gasteiger partial charge < -0.3 is 5.32 Å². The van der Waals surface area contributed by atoms with Crippen LogP contribution in [0.25, 0.3) is 5.69 Å². The molecule has 0 fully saturated rings. The summed E-state index contributed by atoms with van der Waals surface area (Å²) in [4.78, 5) is 11.8. The number of carbonyl (C=O) groups is 1. The minimum atomic E-state index is -3.36. The zero-order valence-electron chi connectivity index (χ0n) is 14.4. The van der Waals surface area contributed by atoms with E-state index in [1.807, 2.05) is 48.9 Å². The smallest absolute Gasteiger partial charge is 0.238 e. The normalized spacial score (nSPS) is 12.8. The molecule has 1 amide bonds. The van der Waals surface area contributed by atoms with Gasteiger partial charge in [-0.15, -0.1) is 0 Å². The second kappa shape index (κ2) is 7.17. The summed E-state index contributed by atoms with van der Waals surface area (Å²) in [5.74, 6) is -0.461. The van der Waals surface area contributed by atoms with E-state index in [-0.39, 0.29) is 0 Å². The molecule has 2 rings (SSSR count). The maximum Gasteiger partial charge on any atom is 0.238 e. The van der Waals surface area contributed by atoms with Crippen molar-refractivity contribution in [2.45, 2.75) is 32.4 Å². The molecule has 0 unspecified atom stereocenters. The van der Waals surface area contributed by atoms with Crippen molar-refractivity contribution in [2.75, 3.05) is 12.8 Å². The fraction of sp³-hybridized carbons (Fsp3) is 0.412. The minimum absolute atomic E-state index is 0.401. The molecule has 1 aromatic carbocycles. The SMILES string of the molecule is Cc1cc(C)n(-c2ccc(CCNC(=O)[C@H](C)S(C)(=O)=O)cc2)n1. The Hall–Kier alpha value is -2.15. The van der Waals surface area contributed by atoms with E-state index in [4.69, 9.17) is 0 Å². The van der Waals surface area contributed by atoms with Crippen molar-refractivity contribution in [2.24, 2.45) is 0 Å². The Morgan fingerprint density at radius 3 is 2.38 bits per heavy atom. The molecule has 0 saturated heterocycles. The van der Waals surface area contributed by atoms with Crippen LogP contribution in [0.4, 0.5) is 0 Å². The number of sulfone groups is 1. The highest BCUT2D eigenvalue weighted by Gasteiger charge is 2.22. The van der Waals surface area contributed by atoms with Gasteiger partial charge in [-0.3, -0.25) is 4.79 Å². The molecule has 1 aromatic heterocycles. The second-order valence-corrected chi connectivity index (χ2v) is 8.38. The Labute approximate surface area is 142 Å². The van der Waals surface area contributed by atoms with Gasteiger partial charge in [-0.1, -0.05) is 12.1 Å². The van der Waals surface area contributed by atoms with Gasteiger partial charge in [0.2, 0.25) is 5.91 Å².